The molecule has 21 heavy (non-hydrogen) atoms. The van der Waals surface area contributed by atoms with Crippen LogP contribution in [0.25, 0.3) is 0 Å². The SMILES string of the molecule is CSc1cc2c(cc1CNC1CCS(=O)(=O)C1)OCCO2. The van der Waals surface area contributed by atoms with Crippen LogP contribution in [0.2, 0.25) is 0 Å². The van der Waals surface area contributed by atoms with Crippen molar-refractivity contribution in [2.45, 2.75) is 23.9 Å². The highest BCUT2D eigenvalue weighted by Crippen LogP contribution is 2.36. The maximum atomic E-state index is 11.5. The van der Waals surface area contributed by atoms with E-state index in [-0.39, 0.29) is 11.8 Å². The molecule has 7 heteroatoms. The van der Waals surface area contributed by atoms with Crippen LogP contribution < -0.4 is 14.8 Å². The van der Waals surface area contributed by atoms with Gasteiger partial charge < -0.3 is 14.8 Å². The van der Waals surface area contributed by atoms with E-state index < -0.39 is 9.84 Å². The molecule has 2 aliphatic heterocycles. The third kappa shape index (κ3) is 3.46. The van der Waals surface area contributed by atoms with Crippen LogP contribution in [0.15, 0.2) is 17.0 Å². The van der Waals surface area contributed by atoms with Crippen LogP contribution in [0.3, 0.4) is 0 Å². The summed E-state index contributed by atoms with van der Waals surface area (Å²) in [5, 5.41) is 3.35. The van der Waals surface area contributed by atoms with Crippen LogP contribution >= 0.6 is 11.8 Å². The number of sulfone groups is 1. The number of hydrogen-bond donors (Lipinski definition) is 1. The molecule has 1 aromatic rings. The Labute approximate surface area is 129 Å². The normalized spacial score (nSPS) is 23.2. The lowest BCUT2D eigenvalue weighted by Crippen LogP contribution is -2.29. The Morgan fingerprint density at radius 1 is 1.29 bits per heavy atom. The monoisotopic (exact) mass is 329 g/mol. The summed E-state index contributed by atoms with van der Waals surface area (Å²) in [5.41, 5.74) is 1.12. The zero-order chi connectivity index (χ0) is 14.9. The lowest BCUT2D eigenvalue weighted by Gasteiger charge is -2.21. The molecule has 0 aromatic heterocycles. The highest BCUT2D eigenvalue weighted by atomic mass is 32.2. The molecule has 0 spiro atoms. The second-order valence-electron chi connectivity index (χ2n) is 5.29. The van der Waals surface area contributed by atoms with E-state index in [1.54, 1.807) is 11.8 Å². The van der Waals surface area contributed by atoms with Gasteiger partial charge in [-0.2, -0.15) is 0 Å². The fourth-order valence-electron chi connectivity index (χ4n) is 2.65. The molecular formula is C14H19NO4S2. The Morgan fingerprint density at radius 3 is 2.62 bits per heavy atom. The second-order valence-corrected chi connectivity index (χ2v) is 8.37. The molecule has 0 radical (unpaired) electrons. The summed E-state index contributed by atoms with van der Waals surface area (Å²) in [4.78, 5) is 1.13. The van der Waals surface area contributed by atoms with Gasteiger partial charge in [-0.15, -0.1) is 11.8 Å². The second kappa shape index (κ2) is 6.06. The van der Waals surface area contributed by atoms with E-state index in [2.05, 4.69) is 5.32 Å². The third-order valence-electron chi connectivity index (χ3n) is 3.76. The summed E-state index contributed by atoms with van der Waals surface area (Å²) in [6.45, 7) is 1.80. The molecule has 0 bridgehead atoms. The van der Waals surface area contributed by atoms with Crippen molar-refractivity contribution in [3.63, 3.8) is 0 Å². The zero-order valence-corrected chi connectivity index (χ0v) is 13.6. The van der Waals surface area contributed by atoms with E-state index in [1.807, 2.05) is 18.4 Å². The minimum absolute atomic E-state index is 0.0536. The van der Waals surface area contributed by atoms with Crippen LogP contribution in [-0.2, 0) is 16.4 Å². The van der Waals surface area contributed by atoms with Crippen LogP contribution in [0.5, 0.6) is 11.5 Å². The third-order valence-corrected chi connectivity index (χ3v) is 6.35. The van der Waals surface area contributed by atoms with Crippen molar-refractivity contribution in [3.8, 4) is 11.5 Å². The van der Waals surface area contributed by atoms with E-state index >= 15 is 0 Å². The van der Waals surface area contributed by atoms with Crippen molar-refractivity contribution in [1.29, 1.82) is 0 Å². The maximum Gasteiger partial charge on any atom is 0.162 e. The molecule has 5 nitrogen and oxygen atoms in total. The fourth-order valence-corrected chi connectivity index (χ4v) is 4.98. The highest BCUT2D eigenvalue weighted by molar-refractivity contribution is 7.98. The standard InChI is InChI=1S/C14H19NO4S2/c1-20-14-7-13-12(18-3-4-19-13)6-10(14)8-15-11-2-5-21(16,17)9-11/h6-7,11,15H,2-5,8-9H2,1H3. The number of rotatable bonds is 4. The smallest absolute Gasteiger partial charge is 0.162 e. The van der Waals surface area contributed by atoms with E-state index in [0.717, 1.165) is 22.0 Å². The van der Waals surface area contributed by atoms with Crippen LogP contribution in [0.4, 0.5) is 0 Å². The first-order valence-corrected chi connectivity index (χ1v) is 10.0. The van der Waals surface area contributed by atoms with Gasteiger partial charge in [-0.1, -0.05) is 0 Å². The number of fused-ring (bicyclic) bond motifs is 1. The van der Waals surface area contributed by atoms with Gasteiger partial charge in [0.2, 0.25) is 0 Å². The molecule has 1 unspecified atom stereocenters. The van der Waals surface area contributed by atoms with Crippen LogP contribution in [0.1, 0.15) is 12.0 Å². The van der Waals surface area contributed by atoms with Crippen LogP contribution in [-0.4, -0.2) is 45.4 Å². The van der Waals surface area contributed by atoms with Crippen molar-refractivity contribution in [3.05, 3.63) is 17.7 Å². The number of hydrogen-bond acceptors (Lipinski definition) is 6. The maximum absolute atomic E-state index is 11.5. The quantitative estimate of drug-likeness (QED) is 0.844. The molecular weight excluding hydrogens is 310 g/mol. The van der Waals surface area contributed by atoms with Gasteiger partial charge in [0.05, 0.1) is 11.5 Å². The average Bonchev–Trinajstić information content (AvgIpc) is 2.83. The van der Waals surface area contributed by atoms with E-state index in [9.17, 15) is 8.42 Å². The number of thioether (sulfide) groups is 1. The molecule has 1 saturated heterocycles. The van der Waals surface area contributed by atoms with Crippen molar-refractivity contribution >= 4 is 21.6 Å². The van der Waals surface area contributed by atoms with Gasteiger partial charge in [-0.3, -0.25) is 0 Å². The first-order valence-electron chi connectivity index (χ1n) is 6.98. The molecule has 116 valence electrons. The summed E-state index contributed by atoms with van der Waals surface area (Å²) in [7, 11) is -2.84. The number of benzene rings is 1. The molecule has 1 fully saturated rings. The van der Waals surface area contributed by atoms with E-state index in [4.69, 9.17) is 9.47 Å². The van der Waals surface area contributed by atoms with E-state index in [1.165, 1.54) is 0 Å². The summed E-state index contributed by atoms with van der Waals surface area (Å²) in [5.74, 6) is 2.10. The van der Waals surface area contributed by atoms with Gasteiger partial charge in [-0.05, 0) is 30.4 Å². The molecule has 0 saturated carbocycles. The van der Waals surface area contributed by atoms with Gasteiger partial charge in [0.1, 0.15) is 13.2 Å². The van der Waals surface area contributed by atoms with Gasteiger partial charge in [0.25, 0.3) is 0 Å². The largest absolute Gasteiger partial charge is 0.486 e. The minimum Gasteiger partial charge on any atom is -0.486 e. The van der Waals surface area contributed by atoms with Gasteiger partial charge >= 0.3 is 0 Å². The average molecular weight is 329 g/mol. The lowest BCUT2D eigenvalue weighted by atomic mass is 10.1. The molecule has 3 rings (SSSR count). The van der Waals surface area contributed by atoms with Gasteiger partial charge in [-0.25, -0.2) is 8.42 Å². The van der Waals surface area contributed by atoms with E-state index in [0.29, 0.717) is 31.9 Å². The van der Waals surface area contributed by atoms with Gasteiger partial charge in [0.15, 0.2) is 21.3 Å². The Balaban J connectivity index is 1.72. The van der Waals surface area contributed by atoms with Crippen molar-refractivity contribution < 1.29 is 17.9 Å². The Kier molecular flexibility index (Phi) is 4.33. The van der Waals surface area contributed by atoms with Crippen molar-refractivity contribution in [2.24, 2.45) is 0 Å². The molecule has 0 aliphatic carbocycles. The topological polar surface area (TPSA) is 64.6 Å². The molecule has 1 atom stereocenters. The Bertz CT molecular complexity index is 630. The summed E-state index contributed by atoms with van der Waals surface area (Å²) in [6, 6.07) is 4.05. The molecule has 0 amide bonds. The summed E-state index contributed by atoms with van der Waals surface area (Å²) < 4.78 is 34.2. The Hall–Kier alpha value is -0.920. The first-order chi connectivity index (χ1) is 10.1. The number of nitrogens with one attached hydrogen (secondary N) is 1. The lowest BCUT2D eigenvalue weighted by molar-refractivity contribution is 0.171. The molecule has 1 aromatic carbocycles. The van der Waals surface area contributed by atoms with Crippen molar-refractivity contribution in [2.75, 3.05) is 31.0 Å². The predicted molar refractivity (Wildman–Crippen MR) is 83.1 cm³/mol. The van der Waals surface area contributed by atoms with Crippen molar-refractivity contribution in [1.82, 2.24) is 5.32 Å². The molecule has 1 N–H and O–H groups in total. The minimum atomic E-state index is -2.84. The summed E-state index contributed by atoms with van der Waals surface area (Å²) >= 11 is 1.66. The molecule has 2 aliphatic rings. The first kappa shape index (κ1) is 15.0. The fraction of sp³-hybridized carbons (Fsp3) is 0.571. The zero-order valence-electron chi connectivity index (χ0n) is 11.9. The highest BCUT2D eigenvalue weighted by Gasteiger charge is 2.27. The molecule has 2 heterocycles. The van der Waals surface area contributed by atoms with Crippen LogP contribution in [0, 0.1) is 0 Å². The summed E-state index contributed by atoms with van der Waals surface area (Å²) in [6.07, 6.45) is 2.72. The Morgan fingerprint density at radius 2 is 2.00 bits per heavy atom. The number of ether oxygens (including phenoxy) is 2. The predicted octanol–water partition coefficient (Wildman–Crippen LogP) is 1.46. The van der Waals surface area contributed by atoms with Gasteiger partial charge in [0, 0.05) is 17.5 Å².